The predicted octanol–water partition coefficient (Wildman–Crippen LogP) is 0.302. The van der Waals surface area contributed by atoms with Crippen molar-refractivity contribution < 1.29 is 19.4 Å². The van der Waals surface area contributed by atoms with Gasteiger partial charge in [-0.05, 0) is 0 Å². The van der Waals surface area contributed by atoms with Crippen LogP contribution in [-0.2, 0) is 9.53 Å². The molecule has 1 unspecified atom stereocenters. The van der Waals surface area contributed by atoms with E-state index >= 15 is 0 Å². The van der Waals surface area contributed by atoms with E-state index in [-0.39, 0.29) is 12.1 Å². The average Bonchev–Trinajstić information content (AvgIpc) is 2.34. The molecule has 0 aromatic rings. The number of ether oxygens (including phenoxy) is 1. The van der Waals surface area contributed by atoms with Crippen LogP contribution in [0.25, 0.3) is 0 Å². The summed E-state index contributed by atoms with van der Waals surface area (Å²) < 4.78 is 4.85. The molecule has 1 N–H and O–H groups in total. The minimum atomic E-state index is -0.954. The molecule has 5 nitrogen and oxygen atoms in total. The highest BCUT2D eigenvalue weighted by Crippen LogP contribution is 2.12. The number of esters is 1. The van der Waals surface area contributed by atoms with Gasteiger partial charge < -0.3 is 14.7 Å². The minimum Gasteiger partial charge on any atom is -0.465 e. The molecular weight excluding hydrogens is 162 g/mol. The quantitative estimate of drug-likeness (QED) is 0.579. The molecule has 1 fully saturated rings. The highest BCUT2D eigenvalue weighted by atomic mass is 16.5. The van der Waals surface area contributed by atoms with Gasteiger partial charge in [0.25, 0.3) is 0 Å². The molecular formula is C7H11NO4. The first-order valence-corrected chi connectivity index (χ1v) is 3.74. The van der Waals surface area contributed by atoms with Gasteiger partial charge in [0.05, 0.1) is 6.54 Å². The van der Waals surface area contributed by atoms with E-state index < -0.39 is 6.09 Å². The molecule has 0 saturated carbocycles. The highest BCUT2D eigenvalue weighted by Gasteiger charge is 2.27. The van der Waals surface area contributed by atoms with Crippen LogP contribution in [0.15, 0.2) is 0 Å². The Balaban J connectivity index is 2.35. The zero-order valence-electron chi connectivity index (χ0n) is 6.82. The van der Waals surface area contributed by atoms with Gasteiger partial charge in [-0.3, -0.25) is 4.79 Å². The third-order valence-corrected chi connectivity index (χ3v) is 1.75. The van der Waals surface area contributed by atoms with Crippen LogP contribution >= 0.6 is 0 Å². The maximum absolute atomic E-state index is 10.5. The number of nitrogens with zero attached hydrogens (tertiary/aromatic N) is 1. The van der Waals surface area contributed by atoms with Crippen LogP contribution in [0.1, 0.15) is 13.3 Å². The monoisotopic (exact) mass is 173 g/mol. The van der Waals surface area contributed by atoms with Gasteiger partial charge in [0, 0.05) is 19.9 Å². The van der Waals surface area contributed by atoms with Crippen LogP contribution in [0, 0.1) is 0 Å². The van der Waals surface area contributed by atoms with Crippen LogP contribution in [0.2, 0.25) is 0 Å². The molecule has 0 bridgehead atoms. The summed E-state index contributed by atoms with van der Waals surface area (Å²) in [7, 11) is 0. The molecule has 0 aromatic carbocycles. The molecule has 1 rings (SSSR count). The van der Waals surface area contributed by atoms with E-state index in [4.69, 9.17) is 9.84 Å². The number of carbonyl (C=O) groups excluding carboxylic acids is 1. The standard InChI is InChI=1S/C7H11NO4/c1-5(9)12-6-2-3-8(4-6)7(10)11/h6H,2-4H2,1H3,(H,10,11). The summed E-state index contributed by atoms with van der Waals surface area (Å²) in [6, 6.07) is 0. The second-order valence-corrected chi connectivity index (χ2v) is 2.75. The van der Waals surface area contributed by atoms with Gasteiger partial charge in [-0.2, -0.15) is 0 Å². The summed E-state index contributed by atoms with van der Waals surface area (Å²) in [6.07, 6.45) is -0.602. The van der Waals surface area contributed by atoms with Crippen LogP contribution in [0.5, 0.6) is 0 Å². The van der Waals surface area contributed by atoms with E-state index in [0.717, 1.165) is 0 Å². The van der Waals surface area contributed by atoms with Crippen molar-refractivity contribution in [3.63, 3.8) is 0 Å². The Labute approximate surface area is 69.9 Å². The number of carbonyl (C=O) groups is 2. The predicted molar refractivity (Wildman–Crippen MR) is 39.8 cm³/mol. The smallest absolute Gasteiger partial charge is 0.407 e. The van der Waals surface area contributed by atoms with Crippen molar-refractivity contribution in [3.05, 3.63) is 0 Å². The van der Waals surface area contributed by atoms with E-state index in [1.165, 1.54) is 11.8 Å². The molecule has 1 aliphatic heterocycles. The molecule has 12 heavy (non-hydrogen) atoms. The summed E-state index contributed by atoms with van der Waals surface area (Å²) in [5.41, 5.74) is 0. The highest BCUT2D eigenvalue weighted by molar-refractivity contribution is 5.67. The maximum Gasteiger partial charge on any atom is 0.407 e. The minimum absolute atomic E-state index is 0.251. The number of amides is 1. The number of rotatable bonds is 1. The summed E-state index contributed by atoms with van der Waals surface area (Å²) in [5, 5.41) is 8.55. The van der Waals surface area contributed by atoms with Crippen LogP contribution in [0.4, 0.5) is 4.79 Å². The van der Waals surface area contributed by atoms with Crippen molar-refractivity contribution in [1.29, 1.82) is 0 Å². The second kappa shape index (κ2) is 3.42. The summed E-state index contributed by atoms with van der Waals surface area (Å²) in [6.45, 7) is 2.08. The molecule has 1 heterocycles. The molecule has 1 saturated heterocycles. The van der Waals surface area contributed by atoms with E-state index in [0.29, 0.717) is 19.5 Å². The molecule has 1 atom stereocenters. The summed E-state index contributed by atoms with van der Waals surface area (Å²) in [4.78, 5) is 22.2. The first-order chi connectivity index (χ1) is 5.59. The Morgan fingerprint density at radius 2 is 2.25 bits per heavy atom. The van der Waals surface area contributed by atoms with Gasteiger partial charge in [-0.1, -0.05) is 0 Å². The first-order valence-electron chi connectivity index (χ1n) is 3.74. The lowest BCUT2D eigenvalue weighted by molar-refractivity contribution is -0.145. The van der Waals surface area contributed by atoms with Gasteiger partial charge in [0.1, 0.15) is 6.10 Å². The topological polar surface area (TPSA) is 66.8 Å². The third-order valence-electron chi connectivity index (χ3n) is 1.75. The number of hydrogen-bond donors (Lipinski definition) is 1. The summed E-state index contributed by atoms with van der Waals surface area (Å²) >= 11 is 0. The Morgan fingerprint density at radius 1 is 1.58 bits per heavy atom. The first kappa shape index (κ1) is 8.83. The molecule has 68 valence electrons. The average molecular weight is 173 g/mol. The van der Waals surface area contributed by atoms with Crippen molar-refractivity contribution in [1.82, 2.24) is 4.90 Å². The summed E-state index contributed by atoms with van der Waals surface area (Å²) in [5.74, 6) is -0.354. The largest absolute Gasteiger partial charge is 0.465 e. The lowest BCUT2D eigenvalue weighted by atomic mass is 10.3. The zero-order valence-corrected chi connectivity index (χ0v) is 6.82. The van der Waals surface area contributed by atoms with Gasteiger partial charge in [0.15, 0.2) is 0 Å². The van der Waals surface area contributed by atoms with E-state index in [1.807, 2.05) is 0 Å². The molecule has 1 amide bonds. The van der Waals surface area contributed by atoms with E-state index in [9.17, 15) is 9.59 Å². The number of carboxylic acid groups (broad SMARTS) is 1. The van der Waals surface area contributed by atoms with E-state index in [1.54, 1.807) is 0 Å². The van der Waals surface area contributed by atoms with Crippen molar-refractivity contribution in [2.24, 2.45) is 0 Å². The number of likely N-dealkylation sites (tertiary alicyclic amines) is 1. The fourth-order valence-corrected chi connectivity index (χ4v) is 1.23. The fraction of sp³-hybridized carbons (Fsp3) is 0.714. The Bertz CT molecular complexity index is 204. The van der Waals surface area contributed by atoms with Gasteiger partial charge in [0.2, 0.25) is 0 Å². The van der Waals surface area contributed by atoms with Crippen LogP contribution < -0.4 is 0 Å². The van der Waals surface area contributed by atoms with Crippen molar-refractivity contribution >= 4 is 12.1 Å². The van der Waals surface area contributed by atoms with Crippen LogP contribution in [0.3, 0.4) is 0 Å². The van der Waals surface area contributed by atoms with Crippen molar-refractivity contribution in [2.75, 3.05) is 13.1 Å². The molecule has 0 aromatic heterocycles. The SMILES string of the molecule is CC(=O)OC1CCN(C(=O)O)C1. The fourth-order valence-electron chi connectivity index (χ4n) is 1.23. The van der Waals surface area contributed by atoms with Crippen molar-refractivity contribution in [2.45, 2.75) is 19.4 Å². The molecule has 0 aliphatic carbocycles. The van der Waals surface area contributed by atoms with Crippen molar-refractivity contribution in [3.8, 4) is 0 Å². The van der Waals surface area contributed by atoms with Gasteiger partial charge >= 0.3 is 12.1 Å². The molecule has 5 heteroatoms. The Hall–Kier alpha value is -1.26. The number of hydrogen-bond acceptors (Lipinski definition) is 3. The lowest BCUT2D eigenvalue weighted by Gasteiger charge is -2.11. The Kier molecular flexibility index (Phi) is 2.52. The normalized spacial score (nSPS) is 22.4. The Morgan fingerprint density at radius 3 is 2.67 bits per heavy atom. The molecule has 0 spiro atoms. The van der Waals surface area contributed by atoms with E-state index in [2.05, 4.69) is 0 Å². The van der Waals surface area contributed by atoms with Gasteiger partial charge in [-0.15, -0.1) is 0 Å². The van der Waals surface area contributed by atoms with Gasteiger partial charge in [-0.25, -0.2) is 4.79 Å². The third kappa shape index (κ3) is 2.11. The lowest BCUT2D eigenvalue weighted by Crippen LogP contribution is -2.28. The zero-order chi connectivity index (χ0) is 9.14. The maximum atomic E-state index is 10.5. The molecule has 0 radical (unpaired) electrons. The second-order valence-electron chi connectivity index (χ2n) is 2.75. The van der Waals surface area contributed by atoms with Crippen LogP contribution in [-0.4, -0.2) is 41.3 Å². The molecule has 1 aliphatic rings.